The number of nitrogens with zero attached hydrogens (tertiary/aromatic N) is 3. The Morgan fingerprint density at radius 2 is 1.56 bits per heavy atom. The van der Waals surface area contributed by atoms with Crippen molar-refractivity contribution in [3.05, 3.63) is 60.2 Å². The van der Waals surface area contributed by atoms with Crippen molar-refractivity contribution in [1.82, 2.24) is 9.80 Å². The van der Waals surface area contributed by atoms with Gasteiger partial charge in [-0.1, -0.05) is 42.5 Å². The zero-order chi connectivity index (χ0) is 22.1. The van der Waals surface area contributed by atoms with E-state index < -0.39 is 0 Å². The summed E-state index contributed by atoms with van der Waals surface area (Å²) in [6, 6.07) is 17.4. The zero-order valence-corrected chi connectivity index (χ0v) is 18.0. The fraction of sp³-hybridized carbons (Fsp3) is 0.400. The van der Waals surface area contributed by atoms with Crippen LogP contribution >= 0.6 is 0 Å². The van der Waals surface area contributed by atoms with Gasteiger partial charge in [-0.05, 0) is 42.4 Å². The van der Waals surface area contributed by atoms with Crippen LogP contribution in [0.25, 0.3) is 0 Å². The first-order valence-corrected chi connectivity index (χ1v) is 11.2. The summed E-state index contributed by atoms with van der Waals surface area (Å²) in [7, 11) is 0. The molecule has 1 saturated carbocycles. The third-order valence-electron chi connectivity index (χ3n) is 6.66. The number of imide groups is 1. The highest BCUT2D eigenvalue weighted by molar-refractivity contribution is 5.99. The van der Waals surface area contributed by atoms with Crippen molar-refractivity contribution in [1.29, 1.82) is 0 Å². The Morgan fingerprint density at radius 1 is 0.844 bits per heavy atom. The molecular weight excluding hydrogens is 406 g/mol. The molecule has 0 aromatic heterocycles. The first-order valence-electron chi connectivity index (χ1n) is 11.2. The number of hydrogen-bond acceptors (Lipinski definition) is 4. The van der Waals surface area contributed by atoms with Gasteiger partial charge in [-0.2, -0.15) is 0 Å². The molecule has 4 amide bonds. The summed E-state index contributed by atoms with van der Waals surface area (Å²) in [4.78, 5) is 42.9. The molecule has 2 aromatic rings. The summed E-state index contributed by atoms with van der Waals surface area (Å²) >= 11 is 0. The smallest absolute Gasteiger partial charge is 0.326 e. The van der Waals surface area contributed by atoms with Gasteiger partial charge in [0.15, 0.2) is 6.61 Å². The Bertz CT molecular complexity index is 1030. The second kappa shape index (κ2) is 8.30. The number of carbonyl (C=O) groups is 3. The standard InChI is InChI=1S/C25H27N3O4/c29-22-10-13-26(18-25(11-12-25)16-19-6-2-1-3-7-19)24(31)28(22)15-14-27-20-8-4-5-9-21(20)32-17-23(27)30/h1-9H,10-18H2. The lowest BCUT2D eigenvalue weighted by molar-refractivity contribution is -0.131. The van der Waals surface area contributed by atoms with Crippen LogP contribution in [-0.4, -0.2) is 60.4 Å². The molecule has 0 bridgehead atoms. The summed E-state index contributed by atoms with van der Waals surface area (Å²) in [5, 5.41) is 0. The third-order valence-corrected chi connectivity index (χ3v) is 6.66. The minimum atomic E-state index is -0.241. The Morgan fingerprint density at radius 3 is 2.34 bits per heavy atom. The van der Waals surface area contributed by atoms with E-state index in [0.29, 0.717) is 30.9 Å². The fourth-order valence-corrected chi connectivity index (χ4v) is 4.71. The van der Waals surface area contributed by atoms with Crippen LogP contribution in [0.3, 0.4) is 0 Å². The van der Waals surface area contributed by atoms with Crippen LogP contribution in [-0.2, 0) is 16.0 Å². The normalized spacial score (nSPS) is 19.6. The van der Waals surface area contributed by atoms with Crippen molar-refractivity contribution >= 4 is 23.5 Å². The molecule has 1 aliphatic carbocycles. The number of carbonyl (C=O) groups excluding carboxylic acids is 3. The molecule has 0 spiro atoms. The van der Waals surface area contributed by atoms with Crippen LogP contribution in [0, 0.1) is 5.41 Å². The average molecular weight is 434 g/mol. The first-order chi connectivity index (χ1) is 15.5. The van der Waals surface area contributed by atoms with Gasteiger partial charge in [0.2, 0.25) is 5.91 Å². The van der Waals surface area contributed by atoms with Crippen molar-refractivity contribution < 1.29 is 19.1 Å². The monoisotopic (exact) mass is 433 g/mol. The molecule has 0 atom stereocenters. The molecule has 166 valence electrons. The highest BCUT2D eigenvalue weighted by Gasteiger charge is 2.46. The van der Waals surface area contributed by atoms with E-state index in [0.717, 1.165) is 19.3 Å². The topological polar surface area (TPSA) is 70.2 Å². The molecule has 0 unspecified atom stereocenters. The molecule has 7 nitrogen and oxygen atoms in total. The maximum Gasteiger partial charge on any atom is 0.326 e. The van der Waals surface area contributed by atoms with E-state index in [4.69, 9.17) is 4.74 Å². The molecular formula is C25H27N3O4. The van der Waals surface area contributed by atoms with Crippen LogP contribution in [0.2, 0.25) is 0 Å². The summed E-state index contributed by atoms with van der Waals surface area (Å²) < 4.78 is 5.48. The number of anilines is 1. The Hall–Kier alpha value is -3.35. The Labute approximate surface area is 187 Å². The summed E-state index contributed by atoms with van der Waals surface area (Å²) in [6.07, 6.45) is 3.46. The lowest BCUT2D eigenvalue weighted by atomic mass is 9.95. The lowest BCUT2D eigenvalue weighted by Crippen LogP contribution is -2.56. The number of para-hydroxylation sites is 2. The van der Waals surface area contributed by atoms with Gasteiger partial charge >= 0.3 is 6.03 Å². The van der Waals surface area contributed by atoms with Gasteiger partial charge in [-0.3, -0.25) is 14.5 Å². The number of hydrogen-bond donors (Lipinski definition) is 0. The predicted molar refractivity (Wildman–Crippen MR) is 119 cm³/mol. The fourth-order valence-electron chi connectivity index (χ4n) is 4.71. The molecule has 0 N–H and O–H groups in total. The molecule has 2 heterocycles. The summed E-state index contributed by atoms with van der Waals surface area (Å²) in [6.45, 7) is 1.54. The molecule has 2 aromatic carbocycles. The third kappa shape index (κ3) is 4.07. The molecule has 0 radical (unpaired) electrons. The maximum absolute atomic E-state index is 13.2. The highest BCUT2D eigenvalue weighted by atomic mass is 16.5. The van der Waals surface area contributed by atoms with Crippen molar-refractivity contribution in [3.63, 3.8) is 0 Å². The zero-order valence-electron chi connectivity index (χ0n) is 18.0. The van der Waals surface area contributed by atoms with Crippen LogP contribution in [0.15, 0.2) is 54.6 Å². The van der Waals surface area contributed by atoms with Crippen LogP contribution in [0.5, 0.6) is 5.75 Å². The Kier molecular flexibility index (Phi) is 5.33. The molecule has 1 saturated heterocycles. The van der Waals surface area contributed by atoms with E-state index in [9.17, 15) is 14.4 Å². The van der Waals surface area contributed by atoms with E-state index in [1.54, 1.807) is 4.90 Å². The van der Waals surface area contributed by atoms with Crippen molar-refractivity contribution in [3.8, 4) is 5.75 Å². The lowest BCUT2D eigenvalue weighted by Gasteiger charge is -2.37. The molecule has 7 heteroatoms. The maximum atomic E-state index is 13.2. The number of benzene rings is 2. The van der Waals surface area contributed by atoms with Crippen molar-refractivity contribution in [2.75, 3.05) is 37.7 Å². The second-order valence-electron chi connectivity index (χ2n) is 8.96. The van der Waals surface area contributed by atoms with Gasteiger partial charge in [0.25, 0.3) is 5.91 Å². The van der Waals surface area contributed by atoms with Crippen LogP contribution in [0.1, 0.15) is 24.8 Å². The van der Waals surface area contributed by atoms with E-state index in [2.05, 4.69) is 12.1 Å². The minimum Gasteiger partial charge on any atom is -0.482 e. The number of rotatable bonds is 7. The largest absolute Gasteiger partial charge is 0.482 e. The van der Waals surface area contributed by atoms with Gasteiger partial charge in [0.1, 0.15) is 5.75 Å². The number of ether oxygens (including phenoxy) is 1. The number of urea groups is 1. The summed E-state index contributed by atoms with van der Waals surface area (Å²) in [5.74, 6) is 0.298. The molecule has 5 rings (SSSR count). The first kappa shape index (κ1) is 20.5. The van der Waals surface area contributed by atoms with E-state index in [1.165, 1.54) is 10.5 Å². The molecule has 2 fully saturated rings. The van der Waals surface area contributed by atoms with Gasteiger partial charge in [0.05, 0.1) is 5.69 Å². The average Bonchev–Trinajstić information content (AvgIpc) is 3.56. The van der Waals surface area contributed by atoms with Gasteiger partial charge < -0.3 is 14.5 Å². The second-order valence-corrected chi connectivity index (χ2v) is 8.96. The summed E-state index contributed by atoms with van der Waals surface area (Å²) in [5.41, 5.74) is 2.08. The highest BCUT2D eigenvalue weighted by Crippen LogP contribution is 2.49. The van der Waals surface area contributed by atoms with Crippen LogP contribution in [0.4, 0.5) is 10.5 Å². The SMILES string of the molecule is O=C1CCN(CC2(Cc3ccccc3)CC2)C(=O)N1CCN1C(=O)COc2ccccc21. The predicted octanol–water partition coefficient (Wildman–Crippen LogP) is 3.09. The van der Waals surface area contributed by atoms with Gasteiger partial charge in [0, 0.05) is 32.6 Å². The Balaban J connectivity index is 1.25. The van der Waals surface area contributed by atoms with E-state index in [-0.39, 0.29) is 43.0 Å². The van der Waals surface area contributed by atoms with Gasteiger partial charge in [-0.15, -0.1) is 0 Å². The van der Waals surface area contributed by atoms with Crippen molar-refractivity contribution in [2.24, 2.45) is 5.41 Å². The van der Waals surface area contributed by atoms with E-state index >= 15 is 0 Å². The van der Waals surface area contributed by atoms with Crippen LogP contribution < -0.4 is 9.64 Å². The molecule has 3 aliphatic rings. The minimum absolute atomic E-state index is 0.0347. The number of amides is 4. The number of fused-ring (bicyclic) bond motifs is 1. The van der Waals surface area contributed by atoms with Crippen molar-refractivity contribution in [2.45, 2.75) is 25.7 Å². The van der Waals surface area contributed by atoms with E-state index in [1.807, 2.05) is 47.4 Å². The quantitative estimate of drug-likeness (QED) is 0.673. The molecule has 2 aliphatic heterocycles. The molecule has 32 heavy (non-hydrogen) atoms. The van der Waals surface area contributed by atoms with Gasteiger partial charge in [-0.25, -0.2) is 4.79 Å².